The molecule has 0 saturated carbocycles. The van der Waals surface area contributed by atoms with Crippen LogP contribution < -0.4 is 15.7 Å². The lowest BCUT2D eigenvalue weighted by atomic mass is 10.1. The van der Waals surface area contributed by atoms with E-state index in [4.69, 9.17) is 9.15 Å². The van der Waals surface area contributed by atoms with E-state index in [0.29, 0.717) is 11.3 Å². The number of aryl methyl sites for hydroxylation is 1. The molecule has 1 amide bonds. The van der Waals surface area contributed by atoms with Gasteiger partial charge in [0.1, 0.15) is 11.3 Å². The van der Waals surface area contributed by atoms with Crippen molar-refractivity contribution >= 4 is 16.9 Å². The Balaban J connectivity index is 1.71. The van der Waals surface area contributed by atoms with Crippen molar-refractivity contribution in [3.05, 3.63) is 76.1 Å². The van der Waals surface area contributed by atoms with Gasteiger partial charge in [0.05, 0.1) is 6.04 Å². The molecule has 1 N–H and O–H groups in total. The van der Waals surface area contributed by atoms with E-state index in [1.807, 2.05) is 50.2 Å². The van der Waals surface area contributed by atoms with Crippen molar-refractivity contribution in [2.45, 2.75) is 32.9 Å². The number of amides is 1. The summed E-state index contributed by atoms with van der Waals surface area (Å²) < 4.78 is 10.9. The first-order chi connectivity index (χ1) is 12.4. The van der Waals surface area contributed by atoms with Gasteiger partial charge < -0.3 is 14.5 Å². The van der Waals surface area contributed by atoms with E-state index >= 15 is 0 Å². The summed E-state index contributed by atoms with van der Waals surface area (Å²) in [4.78, 5) is 23.9. The van der Waals surface area contributed by atoms with Gasteiger partial charge in [0.2, 0.25) is 0 Å². The lowest BCUT2D eigenvalue weighted by Crippen LogP contribution is -2.37. The SMILES string of the molecule is Cc1cc(=O)oc2cc(O[C@@H](C)C(=O)N[C@H](C)c3ccccc3)ccc12. The molecule has 3 aromatic rings. The van der Waals surface area contributed by atoms with Crippen molar-refractivity contribution in [1.82, 2.24) is 5.32 Å². The van der Waals surface area contributed by atoms with E-state index in [1.54, 1.807) is 19.1 Å². The minimum absolute atomic E-state index is 0.118. The molecule has 5 heteroatoms. The van der Waals surface area contributed by atoms with E-state index in [1.165, 1.54) is 6.07 Å². The maximum absolute atomic E-state index is 12.4. The molecule has 134 valence electrons. The van der Waals surface area contributed by atoms with E-state index in [9.17, 15) is 9.59 Å². The fraction of sp³-hybridized carbons (Fsp3) is 0.238. The van der Waals surface area contributed by atoms with E-state index < -0.39 is 11.7 Å². The van der Waals surface area contributed by atoms with Gasteiger partial charge in [-0.1, -0.05) is 30.3 Å². The summed E-state index contributed by atoms with van der Waals surface area (Å²) in [7, 11) is 0. The number of carbonyl (C=O) groups is 1. The molecule has 0 aliphatic heterocycles. The van der Waals surface area contributed by atoms with Gasteiger partial charge in [0, 0.05) is 17.5 Å². The Labute approximate surface area is 151 Å². The molecule has 0 saturated heterocycles. The van der Waals surface area contributed by atoms with Crippen molar-refractivity contribution in [1.29, 1.82) is 0 Å². The third-order valence-electron chi connectivity index (χ3n) is 4.26. The highest BCUT2D eigenvalue weighted by Gasteiger charge is 2.18. The number of nitrogens with one attached hydrogen (secondary N) is 1. The Morgan fingerprint density at radius 3 is 2.54 bits per heavy atom. The van der Waals surface area contributed by atoms with Crippen molar-refractivity contribution in [2.24, 2.45) is 0 Å². The van der Waals surface area contributed by atoms with Gasteiger partial charge in [0.15, 0.2) is 6.10 Å². The molecule has 2 aromatic carbocycles. The molecule has 0 unspecified atom stereocenters. The second kappa shape index (κ2) is 7.44. The van der Waals surface area contributed by atoms with Gasteiger partial charge in [-0.3, -0.25) is 4.79 Å². The smallest absolute Gasteiger partial charge is 0.336 e. The van der Waals surface area contributed by atoms with Crippen molar-refractivity contribution in [3.63, 3.8) is 0 Å². The van der Waals surface area contributed by atoms with Crippen LogP contribution in [0, 0.1) is 6.92 Å². The minimum Gasteiger partial charge on any atom is -0.481 e. The lowest BCUT2D eigenvalue weighted by Gasteiger charge is -2.19. The van der Waals surface area contributed by atoms with Crippen molar-refractivity contribution in [3.8, 4) is 5.75 Å². The molecule has 2 atom stereocenters. The number of hydrogen-bond acceptors (Lipinski definition) is 4. The maximum atomic E-state index is 12.4. The molecule has 26 heavy (non-hydrogen) atoms. The standard InChI is InChI=1S/C21H21NO4/c1-13-11-20(23)26-19-12-17(9-10-18(13)19)25-15(3)21(24)22-14(2)16-7-5-4-6-8-16/h4-12,14-15H,1-3H3,(H,22,24)/t14-,15+/m1/s1. The summed E-state index contributed by atoms with van der Waals surface area (Å²) in [6.45, 7) is 5.46. The number of benzene rings is 2. The van der Waals surface area contributed by atoms with Crippen LogP contribution >= 0.6 is 0 Å². The lowest BCUT2D eigenvalue weighted by molar-refractivity contribution is -0.127. The molecule has 0 fully saturated rings. The van der Waals surface area contributed by atoms with Crippen LogP contribution in [0.3, 0.4) is 0 Å². The average Bonchev–Trinajstić information content (AvgIpc) is 2.61. The van der Waals surface area contributed by atoms with E-state index in [2.05, 4.69) is 5.32 Å². The van der Waals surface area contributed by atoms with Crippen LogP contribution in [0.15, 0.2) is 63.8 Å². The first-order valence-corrected chi connectivity index (χ1v) is 8.50. The summed E-state index contributed by atoms with van der Waals surface area (Å²) in [5.41, 5.74) is 1.90. The minimum atomic E-state index is -0.685. The Bertz CT molecular complexity index is 978. The Morgan fingerprint density at radius 2 is 1.81 bits per heavy atom. The van der Waals surface area contributed by atoms with Crippen LogP contribution in [0.1, 0.15) is 31.0 Å². The zero-order chi connectivity index (χ0) is 18.7. The Kier molecular flexibility index (Phi) is 5.07. The summed E-state index contributed by atoms with van der Waals surface area (Å²) in [6.07, 6.45) is -0.685. The fourth-order valence-corrected chi connectivity index (χ4v) is 2.79. The molecule has 1 aromatic heterocycles. The summed E-state index contributed by atoms with van der Waals surface area (Å²) in [5.74, 6) is 0.258. The molecule has 5 nitrogen and oxygen atoms in total. The molecule has 1 heterocycles. The van der Waals surface area contributed by atoms with Crippen LogP contribution in [-0.4, -0.2) is 12.0 Å². The Morgan fingerprint density at radius 1 is 1.08 bits per heavy atom. The second-order valence-electron chi connectivity index (χ2n) is 6.31. The van der Waals surface area contributed by atoms with Gasteiger partial charge in [-0.05, 0) is 44.0 Å². The summed E-state index contributed by atoms with van der Waals surface area (Å²) >= 11 is 0. The fourth-order valence-electron chi connectivity index (χ4n) is 2.79. The van der Waals surface area contributed by atoms with Crippen LogP contribution in [0.4, 0.5) is 0 Å². The highest BCUT2D eigenvalue weighted by molar-refractivity contribution is 5.83. The first-order valence-electron chi connectivity index (χ1n) is 8.50. The number of rotatable bonds is 5. The van der Waals surface area contributed by atoms with E-state index in [0.717, 1.165) is 16.5 Å². The third kappa shape index (κ3) is 3.94. The molecule has 0 radical (unpaired) electrons. The van der Waals surface area contributed by atoms with Crippen molar-refractivity contribution in [2.75, 3.05) is 0 Å². The molecule has 0 aliphatic carbocycles. The highest BCUT2D eigenvalue weighted by Crippen LogP contribution is 2.23. The van der Waals surface area contributed by atoms with E-state index in [-0.39, 0.29) is 11.9 Å². The van der Waals surface area contributed by atoms with Crippen LogP contribution in [-0.2, 0) is 4.79 Å². The van der Waals surface area contributed by atoms with Crippen LogP contribution in [0.2, 0.25) is 0 Å². The molecule has 0 spiro atoms. The normalized spacial score (nSPS) is 13.2. The molecular formula is C21H21NO4. The highest BCUT2D eigenvalue weighted by atomic mass is 16.5. The van der Waals surface area contributed by atoms with Gasteiger partial charge in [-0.25, -0.2) is 4.79 Å². The number of ether oxygens (including phenoxy) is 1. The first kappa shape index (κ1) is 17.7. The predicted molar refractivity (Wildman–Crippen MR) is 100 cm³/mol. The van der Waals surface area contributed by atoms with Gasteiger partial charge in [-0.15, -0.1) is 0 Å². The monoisotopic (exact) mass is 351 g/mol. The van der Waals surface area contributed by atoms with Crippen molar-refractivity contribution < 1.29 is 13.9 Å². The largest absolute Gasteiger partial charge is 0.481 e. The zero-order valence-corrected chi connectivity index (χ0v) is 15.0. The predicted octanol–water partition coefficient (Wildman–Crippen LogP) is 3.75. The summed E-state index contributed by atoms with van der Waals surface area (Å²) in [5, 5.41) is 3.77. The quantitative estimate of drug-likeness (QED) is 0.711. The maximum Gasteiger partial charge on any atom is 0.336 e. The third-order valence-corrected chi connectivity index (χ3v) is 4.26. The van der Waals surface area contributed by atoms with Gasteiger partial charge >= 0.3 is 5.63 Å². The molecular weight excluding hydrogens is 330 g/mol. The Hall–Kier alpha value is -3.08. The summed E-state index contributed by atoms with van der Waals surface area (Å²) in [6, 6.07) is 16.3. The topological polar surface area (TPSA) is 68.5 Å². The molecule has 3 rings (SSSR count). The van der Waals surface area contributed by atoms with Gasteiger partial charge in [0.25, 0.3) is 5.91 Å². The number of fused-ring (bicyclic) bond motifs is 1. The van der Waals surface area contributed by atoms with Gasteiger partial charge in [-0.2, -0.15) is 0 Å². The number of hydrogen-bond donors (Lipinski definition) is 1. The second-order valence-corrected chi connectivity index (χ2v) is 6.31. The average molecular weight is 351 g/mol. The van der Waals surface area contributed by atoms with Crippen LogP contribution in [0.5, 0.6) is 5.75 Å². The molecule has 0 aliphatic rings. The molecule has 0 bridgehead atoms. The van der Waals surface area contributed by atoms with Crippen LogP contribution in [0.25, 0.3) is 11.0 Å². The zero-order valence-electron chi connectivity index (χ0n) is 15.0. The number of carbonyl (C=O) groups excluding carboxylic acids is 1.